The summed E-state index contributed by atoms with van der Waals surface area (Å²) in [6.07, 6.45) is 4.18. The van der Waals surface area contributed by atoms with Crippen molar-refractivity contribution in [2.24, 2.45) is 5.10 Å². The van der Waals surface area contributed by atoms with Crippen LogP contribution in [0.15, 0.2) is 53.6 Å². The number of hydrogen-bond donors (Lipinski definition) is 1. The van der Waals surface area contributed by atoms with Crippen molar-refractivity contribution < 1.29 is 9.53 Å². The average Bonchev–Trinajstić information content (AvgIpc) is 3.47. The van der Waals surface area contributed by atoms with Gasteiger partial charge in [-0.25, -0.2) is 5.43 Å². The highest BCUT2D eigenvalue weighted by atomic mass is 32.2. The SMILES string of the molecule is O=C(COc1ccc(C2SCCS2)cc1)N/N=C\c1ccc(N2CCCC2)cc1. The first kappa shape index (κ1) is 20.2. The van der Waals surface area contributed by atoms with Crippen LogP contribution in [0, 0.1) is 0 Å². The zero-order chi connectivity index (χ0) is 19.9. The van der Waals surface area contributed by atoms with Gasteiger partial charge in [-0.05, 0) is 48.2 Å². The number of carbonyl (C=O) groups excluding carboxylic acids is 1. The van der Waals surface area contributed by atoms with Gasteiger partial charge in [0.2, 0.25) is 0 Å². The molecule has 4 rings (SSSR count). The quantitative estimate of drug-likeness (QED) is 0.528. The van der Waals surface area contributed by atoms with Crippen molar-refractivity contribution in [3.8, 4) is 5.75 Å². The lowest BCUT2D eigenvalue weighted by Crippen LogP contribution is -2.24. The van der Waals surface area contributed by atoms with Crippen LogP contribution in [0.4, 0.5) is 5.69 Å². The summed E-state index contributed by atoms with van der Waals surface area (Å²) < 4.78 is 6.08. The maximum Gasteiger partial charge on any atom is 0.277 e. The summed E-state index contributed by atoms with van der Waals surface area (Å²) in [5, 5.41) is 4.02. The molecule has 29 heavy (non-hydrogen) atoms. The fourth-order valence-electron chi connectivity index (χ4n) is 3.38. The molecule has 2 aliphatic rings. The van der Waals surface area contributed by atoms with Crippen molar-refractivity contribution in [2.45, 2.75) is 17.4 Å². The van der Waals surface area contributed by atoms with Crippen LogP contribution >= 0.6 is 23.5 Å². The molecule has 2 aliphatic heterocycles. The van der Waals surface area contributed by atoms with E-state index in [1.807, 2.05) is 47.8 Å². The Balaban J connectivity index is 1.20. The van der Waals surface area contributed by atoms with Crippen molar-refractivity contribution >= 4 is 41.3 Å². The van der Waals surface area contributed by atoms with E-state index < -0.39 is 0 Å². The van der Waals surface area contributed by atoms with Gasteiger partial charge in [0.25, 0.3) is 5.91 Å². The minimum absolute atomic E-state index is 0.0580. The molecule has 0 aromatic heterocycles. The van der Waals surface area contributed by atoms with E-state index in [0.29, 0.717) is 10.3 Å². The van der Waals surface area contributed by atoms with E-state index in [2.05, 4.69) is 39.7 Å². The number of benzene rings is 2. The van der Waals surface area contributed by atoms with E-state index in [-0.39, 0.29) is 12.5 Å². The second-order valence-corrected chi connectivity index (χ2v) is 9.73. The van der Waals surface area contributed by atoms with Crippen molar-refractivity contribution in [1.29, 1.82) is 0 Å². The van der Waals surface area contributed by atoms with Gasteiger partial charge in [0.05, 0.1) is 10.8 Å². The molecular weight excluding hydrogens is 402 g/mol. The van der Waals surface area contributed by atoms with Crippen molar-refractivity contribution in [1.82, 2.24) is 5.43 Å². The van der Waals surface area contributed by atoms with Crippen LogP contribution in [0.1, 0.15) is 28.6 Å². The first-order valence-corrected chi connectivity index (χ1v) is 12.0. The Kier molecular flexibility index (Phi) is 7.00. The van der Waals surface area contributed by atoms with Gasteiger partial charge in [0.1, 0.15) is 5.75 Å². The Morgan fingerprint density at radius 2 is 1.76 bits per heavy atom. The van der Waals surface area contributed by atoms with Crippen molar-refractivity contribution in [2.75, 3.05) is 36.1 Å². The molecule has 0 aliphatic carbocycles. The Hall–Kier alpha value is -2.12. The fourth-order valence-corrected chi connectivity index (χ4v) is 6.24. The third-order valence-corrected chi connectivity index (χ3v) is 8.02. The molecule has 1 amide bonds. The van der Waals surface area contributed by atoms with Gasteiger partial charge in [0.15, 0.2) is 6.61 Å². The van der Waals surface area contributed by atoms with Gasteiger partial charge >= 0.3 is 0 Å². The number of ether oxygens (including phenoxy) is 1. The molecule has 0 unspecified atom stereocenters. The van der Waals surface area contributed by atoms with Crippen LogP contribution in [-0.4, -0.2) is 43.3 Å². The molecule has 2 heterocycles. The van der Waals surface area contributed by atoms with Gasteiger partial charge < -0.3 is 9.64 Å². The minimum Gasteiger partial charge on any atom is -0.484 e. The molecule has 0 spiro atoms. The summed E-state index contributed by atoms with van der Waals surface area (Å²) >= 11 is 3.95. The minimum atomic E-state index is -0.277. The Bertz CT molecular complexity index is 828. The highest BCUT2D eigenvalue weighted by Crippen LogP contribution is 2.45. The third-order valence-electron chi connectivity index (χ3n) is 4.91. The van der Waals surface area contributed by atoms with Crippen molar-refractivity contribution in [3.63, 3.8) is 0 Å². The van der Waals surface area contributed by atoms with E-state index in [1.165, 1.54) is 35.6 Å². The summed E-state index contributed by atoms with van der Waals surface area (Å²) in [5.41, 5.74) is 6.01. The van der Waals surface area contributed by atoms with Crippen LogP contribution in [0.2, 0.25) is 0 Å². The van der Waals surface area contributed by atoms with Gasteiger partial charge in [0, 0.05) is 30.3 Å². The van der Waals surface area contributed by atoms with Crippen LogP contribution in [0.25, 0.3) is 0 Å². The fraction of sp³-hybridized carbons (Fsp3) is 0.364. The van der Waals surface area contributed by atoms with Crippen LogP contribution in [-0.2, 0) is 4.79 Å². The van der Waals surface area contributed by atoms with Crippen LogP contribution < -0.4 is 15.1 Å². The van der Waals surface area contributed by atoms with E-state index >= 15 is 0 Å². The maximum absolute atomic E-state index is 11.9. The lowest BCUT2D eigenvalue weighted by atomic mass is 10.2. The highest BCUT2D eigenvalue weighted by Gasteiger charge is 2.18. The molecule has 0 radical (unpaired) electrons. The van der Waals surface area contributed by atoms with Gasteiger partial charge in [-0.2, -0.15) is 5.10 Å². The number of hydrazone groups is 1. The maximum atomic E-state index is 11.9. The third kappa shape index (κ3) is 5.70. The number of rotatable bonds is 7. The molecule has 152 valence electrons. The topological polar surface area (TPSA) is 53.9 Å². The summed E-state index contributed by atoms with van der Waals surface area (Å²) in [5.74, 6) is 2.83. The zero-order valence-electron chi connectivity index (χ0n) is 16.3. The van der Waals surface area contributed by atoms with E-state index in [4.69, 9.17) is 4.74 Å². The van der Waals surface area contributed by atoms with Crippen LogP contribution in [0.5, 0.6) is 5.75 Å². The molecule has 2 aromatic rings. The molecule has 2 saturated heterocycles. The lowest BCUT2D eigenvalue weighted by molar-refractivity contribution is -0.123. The number of amides is 1. The molecule has 7 heteroatoms. The summed E-state index contributed by atoms with van der Waals surface area (Å²) in [6, 6.07) is 16.2. The number of thioether (sulfide) groups is 2. The number of anilines is 1. The number of nitrogens with one attached hydrogen (secondary N) is 1. The van der Waals surface area contributed by atoms with E-state index in [9.17, 15) is 4.79 Å². The normalized spacial score (nSPS) is 17.2. The molecular formula is C22H25N3O2S2. The number of carbonyl (C=O) groups is 1. The summed E-state index contributed by atoms with van der Waals surface area (Å²) in [4.78, 5) is 14.3. The Labute approximate surface area is 180 Å². The first-order chi connectivity index (χ1) is 14.3. The predicted molar refractivity (Wildman–Crippen MR) is 123 cm³/mol. The van der Waals surface area contributed by atoms with E-state index in [0.717, 1.165) is 18.7 Å². The summed E-state index contributed by atoms with van der Waals surface area (Å²) in [7, 11) is 0. The largest absolute Gasteiger partial charge is 0.484 e. The molecule has 1 N–H and O–H groups in total. The average molecular weight is 428 g/mol. The Morgan fingerprint density at radius 1 is 1.07 bits per heavy atom. The van der Waals surface area contributed by atoms with Crippen molar-refractivity contribution in [3.05, 3.63) is 59.7 Å². The molecule has 0 bridgehead atoms. The molecule has 0 atom stereocenters. The first-order valence-electron chi connectivity index (χ1n) is 9.91. The second kappa shape index (κ2) is 10.1. The van der Waals surface area contributed by atoms with Gasteiger partial charge in [-0.15, -0.1) is 23.5 Å². The number of hydrogen-bond acceptors (Lipinski definition) is 6. The predicted octanol–water partition coefficient (Wildman–Crippen LogP) is 4.29. The Morgan fingerprint density at radius 3 is 2.45 bits per heavy atom. The second-order valence-electron chi connectivity index (χ2n) is 7.01. The molecule has 0 saturated carbocycles. The number of nitrogens with zero attached hydrogens (tertiary/aromatic N) is 2. The zero-order valence-corrected chi connectivity index (χ0v) is 17.9. The smallest absolute Gasteiger partial charge is 0.277 e. The van der Waals surface area contributed by atoms with E-state index in [1.54, 1.807) is 6.21 Å². The molecule has 2 fully saturated rings. The molecule has 2 aromatic carbocycles. The highest BCUT2D eigenvalue weighted by molar-refractivity contribution is 8.19. The monoisotopic (exact) mass is 427 g/mol. The van der Waals surface area contributed by atoms with Crippen LogP contribution in [0.3, 0.4) is 0 Å². The summed E-state index contributed by atoms with van der Waals surface area (Å²) in [6.45, 7) is 2.20. The van der Waals surface area contributed by atoms with Gasteiger partial charge in [-0.3, -0.25) is 4.79 Å². The lowest BCUT2D eigenvalue weighted by Gasteiger charge is -2.17. The standard InChI is InChI=1S/C22H25N3O2S2/c26-21(16-27-20-9-5-18(6-10-20)22-28-13-14-29-22)24-23-15-17-3-7-19(8-4-17)25-11-1-2-12-25/h3-10,15,22H,1-2,11-14,16H2,(H,24,26)/b23-15-. The van der Waals surface area contributed by atoms with Gasteiger partial charge in [-0.1, -0.05) is 24.3 Å². The molecule has 5 nitrogen and oxygen atoms in total.